The Labute approximate surface area is 69.9 Å². The molecule has 0 amide bonds. The summed E-state index contributed by atoms with van der Waals surface area (Å²) in [6.45, 7) is 4.52. The van der Waals surface area contributed by atoms with Crippen LogP contribution in [-0.2, 0) is 0 Å². The number of allylic oxidation sites excluding steroid dienone is 1. The van der Waals surface area contributed by atoms with Crippen LogP contribution in [0.4, 0.5) is 0 Å². The van der Waals surface area contributed by atoms with Gasteiger partial charge in [-0.25, -0.2) is 0 Å². The Kier molecular flexibility index (Phi) is 3.13. The standard InChI is InChI=1S/C10H19N/c1-4-5-6-9-8(2)7-10(9)11-3/h5-6,8-11H,4,7H2,1-3H3/b6-5-. The summed E-state index contributed by atoms with van der Waals surface area (Å²) in [6.07, 6.45) is 7.16. The number of rotatable bonds is 3. The van der Waals surface area contributed by atoms with Crippen LogP contribution in [-0.4, -0.2) is 13.1 Å². The Bertz CT molecular complexity index is 140. The van der Waals surface area contributed by atoms with Crippen molar-refractivity contribution in [2.24, 2.45) is 11.8 Å². The van der Waals surface area contributed by atoms with Gasteiger partial charge in [0.1, 0.15) is 0 Å². The topological polar surface area (TPSA) is 12.0 Å². The van der Waals surface area contributed by atoms with Gasteiger partial charge in [0, 0.05) is 6.04 Å². The Hall–Kier alpha value is -0.300. The molecule has 1 rings (SSSR count). The van der Waals surface area contributed by atoms with Crippen molar-refractivity contribution < 1.29 is 0 Å². The third-order valence-electron chi connectivity index (χ3n) is 2.71. The summed E-state index contributed by atoms with van der Waals surface area (Å²) in [4.78, 5) is 0. The van der Waals surface area contributed by atoms with Crippen molar-refractivity contribution in [1.29, 1.82) is 0 Å². The lowest BCUT2D eigenvalue weighted by molar-refractivity contribution is 0.172. The highest BCUT2D eigenvalue weighted by Gasteiger charge is 2.34. The van der Waals surface area contributed by atoms with E-state index in [1.807, 2.05) is 0 Å². The first kappa shape index (κ1) is 8.79. The highest BCUT2D eigenvalue weighted by Crippen LogP contribution is 2.34. The van der Waals surface area contributed by atoms with E-state index >= 15 is 0 Å². The second kappa shape index (κ2) is 3.91. The van der Waals surface area contributed by atoms with E-state index in [1.165, 1.54) is 12.8 Å². The van der Waals surface area contributed by atoms with Gasteiger partial charge in [-0.2, -0.15) is 0 Å². The average Bonchev–Trinajstić information content (AvgIpc) is 2.00. The van der Waals surface area contributed by atoms with Gasteiger partial charge >= 0.3 is 0 Å². The lowest BCUT2D eigenvalue weighted by atomic mass is 9.70. The quantitative estimate of drug-likeness (QED) is 0.613. The van der Waals surface area contributed by atoms with E-state index in [1.54, 1.807) is 0 Å². The third-order valence-corrected chi connectivity index (χ3v) is 2.71. The molecular weight excluding hydrogens is 134 g/mol. The summed E-state index contributed by atoms with van der Waals surface area (Å²) in [6, 6.07) is 0.743. The smallest absolute Gasteiger partial charge is 0.0132 e. The zero-order valence-electron chi connectivity index (χ0n) is 7.80. The fraction of sp³-hybridized carbons (Fsp3) is 0.800. The van der Waals surface area contributed by atoms with Gasteiger partial charge in [0.25, 0.3) is 0 Å². The average molecular weight is 153 g/mol. The maximum atomic E-state index is 3.34. The van der Waals surface area contributed by atoms with Gasteiger partial charge in [0.05, 0.1) is 0 Å². The highest BCUT2D eigenvalue weighted by atomic mass is 14.9. The third kappa shape index (κ3) is 1.84. The molecule has 1 nitrogen and oxygen atoms in total. The molecule has 0 heterocycles. The maximum Gasteiger partial charge on any atom is 0.0132 e. The molecule has 0 spiro atoms. The molecule has 0 radical (unpaired) electrons. The van der Waals surface area contributed by atoms with Crippen molar-refractivity contribution >= 4 is 0 Å². The summed E-state index contributed by atoms with van der Waals surface area (Å²) >= 11 is 0. The molecule has 3 atom stereocenters. The van der Waals surface area contributed by atoms with E-state index in [9.17, 15) is 0 Å². The first-order chi connectivity index (χ1) is 5.29. The Balaban J connectivity index is 2.36. The van der Waals surface area contributed by atoms with Gasteiger partial charge in [0.15, 0.2) is 0 Å². The normalized spacial score (nSPS) is 37.5. The first-order valence-corrected chi connectivity index (χ1v) is 4.63. The van der Waals surface area contributed by atoms with Gasteiger partial charge in [-0.1, -0.05) is 26.0 Å². The second-order valence-electron chi connectivity index (χ2n) is 3.52. The van der Waals surface area contributed by atoms with Crippen LogP contribution in [0.2, 0.25) is 0 Å². The minimum Gasteiger partial charge on any atom is -0.316 e. The Morgan fingerprint density at radius 2 is 2.27 bits per heavy atom. The van der Waals surface area contributed by atoms with E-state index in [0.29, 0.717) is 0 Å². The van der Waals surface area contributed by atoms with Crippen molar-refractivity contribution in [2.45, 2.75) is 32.7 Å². The number of nitrogens with one attached hydrogen (secondary N) is 1. The SMILES string of the molecule is CC/C=C\C1C(C)CC1NC. The molecule has 64 valence electrons. The predicted molar refractivity (Wildman–Crippen MR) is 49.5 cm³/mol. The molecule has 0 aliphatic heterocycles. The molecule has 3 unspecified atom stereocenters. The first-order valence-electron chi connectivity index (χ1n) is 4.63. The molecule has 1 heteroatoms. The molecule has 11 heavy (non-hydrogen) atoms. The zero-order valence-corrected chi connectivity index (χ0v) is 7.80. The molecule has 1 N–H and O–H groups in total. The van der Waals surface area contributed by atoms with Crippen LogP contribution >= 0.6 is 0 Å². The molecule has 1 aliphatic carbocycles. The molecular formula is C10H19N. The summed E-state index contributed by atoms with van der Waals surface area (Å²) in [5, 5.41) is 3.34. The number of hydrogen-bond acceptors (Lipinski definition) is 1. The van der Waals surface area contributed by atoms with E-state index < -0.39 is 0 Å². The molecule has 1 saturated carbocycles. The molecule has 1 aliphatic rings. The van der Waals surface area contributed by atoms with Crippen LogP contribution < -0.4 is 5.32 Å². The van der Waals surface area contributed by atoms with E-state index in [2.05, 4.69) is 38.4 Å². The van der Waals surface area contributed by atoms with Crippen molar-refractivity contribution in [3.8, 4) is 0 Å². The van der Waals surface area contributed by atoms with E-state index in [0.717, 1.165) is 17.9 Å². The van der Waals surface area contributed by atoms with Gasteiger partial charge in [-0.05, 0) is 31.7 Å². The van der Waals surface area contributed by atoms with Crippen LogP contribution in [0.5, 0.6) is 0 Å². The minimum absolute atomic E-state index is 0.743. The molecule has 0 saturated heterocycles. The van der Waals surface area contributed by atoms with Gasteiger partial charge in [-0.3, -0.25) is 0 Å². The fourth-order valence-electron chi connectivity index (χ4n) is 1.84. The zero-order chi connectivity index (χ0) is 8.27. The summed E-state index contributed by atoms with van der Waals surface area (Å²) in [7, 11) is 2.06. The molecule has 0 aromatic rings. The van der Waals surface area contributed by atoms with Gasteiger partial charge in [0.2, 0.25) is 0 Å². The van der Waals surface area contributed by atoms with Crippen molar-refractivity contribution in [2.75, 3.05) is 7.05 Å². The summed E-state index contributed by atoms with van der Waals surface area (Å²) in [5.41, 5.74) is 0. The van der Waals surface area contributed by atoms with Crippen molar-refractivity contribution in [3.63, 3.8) is 0 Å². The molecule has 0 aromatic heterocycles. The summed E-state index contributed by atoms with van der Waals surface area (Å²) in [5.74, 6) is 1.68. The van der Waals surface area contributed by atoms with Crippen LogP contribution in [0.3, 0.4) is 0 Å². The molecule has 0 bridgehead atoms. The molecule has 0 aromatic carbocycles. The second-order valence-corrected chi connectivity index (χ2v) is 3.52. The van der Waals surface area contributed by atoms with E-state index in [-0.39, 0.29) is 0 Å². The Morgan fingerprint density at radius 3 is 2.73 bits per heavy atom. The van der Waals surface area contributed by atoms with Crippen LogP contribution in [0.25, 0.3) is 0 Å². The Morgan fingerprint density at radius 1 is 1.55 bits per heavy atom. The lowest BCUT2D eigenvalue weighted by Gasteiger charge is -2.41. The molecule has 1 fully saturated rings. The number of hydrogen-bond donors (Lipinski definition) is 1. The van der Waals surface area contributed by atoms with Crippen LogP contribution in [0.15, 0.2) is 12.2 Å². The lowest BCUT2D eigenvalue weighted by Crippen LogP contribution is -2.46. The maximum absolute atomic E-state index is 3.34. The van der Waals surface area contributed by atoms with Crippen molar-refractivity contribution in [1.82, 2.24) is 5.32 Å². The van der Waals surface area contributed by atoms with Crippen molar-refractivity contribution in [3.05, 3.63) is 12.2 Å². The van der Waals surface area contributed by atoms with Gasteiger partial charge < -0.3 is 5.32 Å². The van der Waals surface area contributed by atoms with Crippen LogP contribution in [0.1, 0.15) is 26.7 Å². The summed E-state index contributed by atoms with van der Waals surface area (Å²) < 4.78 is 0. The fourth-order valence-corrected chi connectivity index (χ4v) is 1.84. The highest BCUT2D eigenvalue weighted by molar-refractivity contribution is 5.03. The predicted octanol–water partition coefficient (Wildman–Crippen LogP) is 2.20. The monoisotopic (exact) mass is 153 g/mol. The van der Waals surface area contributed by atoms with Gasteiger partial charge in [-0.15, -0.1) is 0 Å². The van der Waals surface area contributed by atoms with E-state index in [4.69, 9.17) is 0 Å². The largest absolute Gasteiger partial charge is 0.316 e. The van der Waals surface area contributed by atoms with Crippen LogP contribution in [0, 0.1) is 11.8 Å². The minimum atomic E-state index is 0.743.